The van der Waals surface area contributed by atoms with Crippen LogP contribution in [-0.2, 0) is 27.3 Å². The van der Waals surface area contributed by atoms with Gasteiger partial charge in [0.1, 0.15) is 6.10 Å². The van der Waals surface area contributed by atoms with E-state index in [1.165, 1.54) is 0 Å². The molecule has 170 valence electrons. The first kappa shape index (κ1) is 22.0. The molecule has 32 heavy (non-hydrogen) atoms. The Labute approximate surface area is 186 Å². The van der Waals surface area contributed by atoms with Gasteiger partial charge in [-0.25, -0.2) is 0 Å². The van der Waals surface area contributed by atoms with Crippen molar-refractivity contribution in [3.05, 3.63) is 53.9 Å². The third-order valence-electron chi connectivity index (χ3n) is 5.57. The lowest BCUT2D eigenvalue weighted by Crippen LogP contribution is -2.51. The highest BCUT2D eigenvalue weighted by atomic mass is 16.7. The van der Waals surface area contributed by atoms with Crippen molar-refractivity contribution in [1.82, 2.24) is 15.6 Å². The van der Waals surface area contributed by atoms with Crippen LogP contribution in [0.4, 0.5) is 0 Å². The van der Waals surface area contributed by atoms with E-state index in [2.05, 4.69) is 15.6 Å². The number of rotatable bonds is 8. The van der Waals surface area contributed by atoms with Crippen LogP contribution in [0.3, 0.4) is 0 Å². The molecular formula is C23H27N3O6. The number of aliphatic hydroxyl groups excluding tert-OH is 1. The van der Waals surface area contributed by atoms with Gasteiger partial charge in [0, 0.05) is 18.9 Å². The smallest absolute Gasteiger partial charge is 0.231 e. The first-order chi connectivity index (χ1) is 15.6. The Balaban J connectivity index is 1.22. The van der Waals surface area contributed by atoms with Crippen molar-refractivity contribution in [3.63, 3.8) is 0 Å². The summed E-state index contributed by atoms with van der Waals surface area (Å²) in [7, 11) is 0. The van der Waals surface area contributed by atoms with Gasteiger partial charge in [-0.3, -0.25) is 14.6 Å². The minimum atomic E-state index is -0.548. The van der Waals surface area contributed by atoms with Crippen molar-refractivity contribution in [3.8, 4) is 11.5 Å². The van der Waals surface area contributed by atoms with E-state index in [0.29, 0.717) is 30.9 Å². The summed E-state index contributed by atoms with van der Waals surface area (Å²) >= 11 is 0. The van der Waals surface area contributed by atoms with E-state index in [1.807, 2.05) is 24.3 Å². The highest BCUT2D eigenvalue weighted by Crippen LogP contribution is 2.32. The Morgan fingerprint density at radius 2 is 1.97 bits per heavy atom. The summed E-state index contributed by atoms with van der Waals surface area (Å²) in [5.74, 6) is 1.09. The second-order valence-corrected chi connectivity index (χ2v) is 7.94. The maximum Gasteiger partial charge on any atom is 0.231 e. The number of nitrogens with one attached hydrogen (secondary N) is 2. The standard InChI is InChI=1S/C23H27N3O6/c27-13-21-18(26-23(29)9-15-2-1-7-24-11-15)5-4-17(32-21)10-22(28)25-12-16-3-6-19-20(8-16)31-14-30-19/h1-3,6-8,11,17-18,21,27H,4-5,9-10,12-14H2,(H,25,28)(H,26,29)/t17-,18-,21+/m1/s1. The monoisotopic (exact) mass is 441 g/mol. The van der Waals surface area contributed by atoms with E-state index in [9.17, 15) is 14.7 Å². The summed E-state index contributed by atoms with van der Waals surface area (Å²) in [4.78, 5) is 28.7. The first-order valence-electron chi connectivity index (χ1n) is 10.7. The first-order valence-corrected chi connectivity index (χ1v) is 10.7. The molecule has 9 heteroatoms. The van der Waals surface area contributed by atoms with E-state index in [4.69, 9.17) is 14.2 Å². The number of amides is 2. The molecule has 0 saturated carbocycles. The number of ether oxygens (including phenoxy) is 3. The number of benzene rings is 1. The third-order valence-corrected chi connectivity index (χ3v) is 5.57. The third kappa shape index (κ3) is 5.74. The number of carbonyl (C=O) groups excluding carboxylic acids is 2. The van der Waals surface area contributed by atoms with Crippen LogP contribution in [0.15, 0.2) is 42.7 Å². The van der Waals surface area contributed by atoms with Gasteiger partial charge in [0.25, 0.3) is 0 Å². The Hall–Kier alpha value is -3.17. The number of nitrogens with zero attached hydrogens (tertiary/aromatic N) is 1. The number of aliphatic hydroxyl groups is 1. The molecule has 2 aliphatic rings. The Bertz CT molecular complexity index is 939. The quantitative estimate of drug-likeness (QED) is 0.561. The van der Waals surface area contributed by atoms with Crippen LogP contribution < -0.4 is 20.1 Å². The maximum atomic E-state index is 12.4. The second-order valence-electron chi connectivity index (χ2n) is 7.94. The number of pyridine rings is 1. The predicted octanol–water partition coefficient (Wildman–Crippen LogP) is 1.08. The molecule has 3 heterocycles. The summed E-state index contributed by atoms with van der Waals surface area (Å²) in [6, 6.07) is 8.88. The fourth-order valence-electron chi connectivity index (χ4n) is 3.92. The van der Waals surface area contributed by atoms with Crippen LogP contribution >= 0.6 is 0 Å². The Morgan fingerprint density at radius 3 is 2.78 bits per heavy atom. The fourth-order valence-corrected chi connectivity index (χ4v) is 3.92. The van der Waals surface area contributed by atoms with E-state index in [-0.39, 0.29) is 50.2 Å². The molecule has 3 atom stereocenters. The molecule has 0 spiro atoms. The molecule has 0 bridgehead atoms. The highest BCUT2D eigenvalue weighted by molar-refractivity contribution is 5.79. The van der Waals surface area contributed by atoms with Gasteiger partial charge in [0.05, 0.1) is 31.6 Å². The van der Waals surface area contributed by atoms with Gasteiger partial charge >= 0.3 is 0 Å². The zero-order chi connectivity index (χ0) is 22.3. The van der Waals surface area contributed by atoms with Crippen LogP contribution in [0.1, 0.15) is 30.4 Å². The molecule has 1 aromatic heterocycles. The van der Waals surface area contributed by atoms with Gasteiger partial charge in [0.2, 0.25) is 18.6 Å². The normalized spacial score (nSPS) is 21.7. The average Bonchev–Trinajstić information content (AvgIpc) is 3.27. The van der Waals surface area contributed by atoms with E-state index in [1.54, 1.807) is 18.5 Å². The number of hydrogen-bond acceptors (Lipinski definition) is 7. The van der Waals surface area contributed by atoms with Crippen LogP contribution in [0.25, 0.3) is 0 Å². The number of fused-ring (bicyclic) bond motifs is 1. The number of carbonyl (C=O) groups is 2. The maximum absolute atomic E-state index is 12.4. The summed E-state index contributed by atoms with van der Waals surface area (Å²) in [6.07, 6.45) is 4.10. The van der Waals surface area contributed by atoms with Crippen molar-refractivity contribution in [2.45, 2.75) is 50.5 Å². The van der Waals surface area contributed by atoms with Crippen molar-refractivity contribution in [1.29, 1.82) is 0 Å². The van der Waals surface area contributed by atoms with Gasteiger partial charge in [0.15, 0.2) is 11.5 Å². The molecule has 1 aromatic carbocycles. The van der Waals surface area contributed by atoms with E-state index < -0.39 is 6.10 Å². The molecule has 2 amide bonds. The lowest BCUT2D eigenvalue weighted by atomic mass is 9.96. The van der Waals surface area contributed by atoms with Gasteiger partial charge in [-0.1, -0.05) is 12.1 Å². The summed E-state index contributed by atoms with van der Waals surface area (Å²) in [6.45, 7) is 0.354. The van der Waals surface area contributed by atoms with E-state index in [0.717, 1.165) is 11.1 Å². The number of aromatic nitrogens is 1. The molecular weight excluding hydrogens is 414 g/mol. The van der Waals surface area contributed by atoms with Crippen molar-refractivity contribution >= 4 is 11.8 Å². The Morgan fingerprint density at radius 1 is 1.09 bits per heavy atom. The van der Waals surface area contributed by atoms with Gasteiger partial charge in [-0.2, -0.15) is 0 Å². The molecule has 1 fully saturated rings. The molecule has 1 saturated heterocycles. The summed E-state index contributed by atoms with van der Waals surface area (Å²) in [5, 5.41) is 15.6. The minimum Gasteiger partial charge on any atom is -0.454 e. The van der Waals surface area contributed by atoms with Gasteiger partial charge < -0.3 is 30.0 Å². The number of hydrogen-bond donors (Lipinski definition) is 3. The summed E-state index contributed by atoms with van der Waals surface area (Å²) < 4.78 is 16.5. The SMILES string of the molecule is O=C(C[C@H]1CC[C@@H](NC(=O)Cc2cccnc2)[C@H](CO)O1)NCc1ccc2c(c1)OCO2. The van der Waals surface area contributed by atoms with Crippen molar-refractivity contribution in [2.75, 3.05) is 13.4 Å². The Kier molecular flexibility index (Phi) is 7.18. The van der Waals surface area contributed by atoms with E-state index >= 15 is 0 Å². The van der Waals surface area contributed by atoms with Crippen LogP contribution in [0, 0.1) is 0 Å². The summed E-state index contributed by atoms with van der Waals surface area (Å²) in [5.41, 5.74) is 1.73. The largest absolute Gasteiger partial charge is 0.454 e. The molecule has 0 aliphatic carbocycles. The fraction of sp³-hybridized carbons (Fsp3) is 0.435. The van der Waals surface area contributed by atoms with Gasteiger partial charge in [-0.15, -0.1) is 0 Å². The van der Waals surface area contributed by atoms with Crippen LogP contribution in [-0.4, -0.2) is 53.6 Å². The highest BCUT2D eigenvalue weighted by Gasteiger charge is 2.32. The molecule has 2 aromatic rings. The van der Waals surface area contributed by atoms with Crippen LogP contribution in [0.5, 0.6) is 11.5 Å². The van der Waals surface area contributed by atoms with Crippen LogP contribution in [0.2, 0.25) is 0 Å². The lowest BCUT2D eigenvalue weighted by Gasteiger charge is -2.36. The van der Waals surface area contributed by atoms with Gasteiger partial charge in [-0.05, 0) is 42.2 Å². The zero-order valence-corrected chi connectivity index (χ0v) is 17.7. The molecule has 0 radical (unpaired) electrons. The minimum absolute atomic E-state index is 0.136. The molecule has 4 rings (SSSR count). The van der Waals surface area contributed by atoms with Crippen molar-refractivity contribution < 1.29 is 28.9 Å². The molecule has 3 N–H and O–H groups in total. The molecule has 9 nitrogen and oxygen atoms in total. The molecule has 0 unspecified atom stereocenters. The predicted molar refractivity (Wildman–Crippen MR) is 114 cm³/mol. The second kappa shape index (κ2) is 10.4. The molecule has 2 aliphatic heterocycles. The zero-order valence-electron chi connectivity index (χ0n) is 17.7. The topological polar surface area (TPSA) is 119 Å². The lowest BCUT2D eigenvalue weighted by molar-refractivity contribution is -0.135. The van der Waals surface area contributed by atoms with Crippen molar-refractivity contribution in [2.24, 2.45) is 0 Å². The average molecular weight is 441 g/mol.